The van der Waals surface area contributed by atoms with Crippen LogP contribution in [0, 0.1) is 30.1 Å². The number of aromatic nitrogens is 4. The van der Waals surface area contributed by atoms with E-state index < -0.39 is 11.4 Å². The van der Waals surface area contributed by atoms with E-state index in [0.29, 0.717) is 23.0 Å². The Hall–Kier alpha value is -3.41. The van der Waals surface area contributed by atoms with Gasteiger partial charge in [-0.25, -0.2) is 9.48 Å². The number of carbonyl (C=O) groups is 2. The summed E-state index contributed by atoms with van der Waals surface area (Å²) >= 11 is 0. The Morgan fingerprint density at radius 3 is 2.70 bits per heavy atom. The molecule has 9 heteroatoms. The molecule has 9 nitrogen and oxygen atoms in total. The fraction of sp³-hybridized carbons (Fsp3) is 0.542. The first-order chi connectivity index (χ1) is 15.7. The molecule has 33 heavy (non-hydrogen) atoms. The summed E-state index contributed by atoms with van der Waals surface area (Å²) < 4.78 is 7.13. The largest absolute Gasteiger partial charge is 0.481 e. The zero-order valence-electron chi connectivity index (χ0n) is 19.5. The highest BCUT2D eigenvalue weighted by molar-refractivity contribution is 5.69. The fourth-order valence-corrected chi connectivity index (χ4v) is 3.84. The van der Waals surface area contributed by atoms with Crippen LogP contribution in [-0.2, 0) is 23.2 Å². The van der Waals surface area contributed by atoms with Gasteiger partial charge >= 0.3 is 12.1 Å². The minimum Gasteiger partial charge on any atom is -0.481 e. The van der Waals surface area contributed by atoms with Crippen molar-refractivity contribution in [1.82, 2.24) is 24.9 Å². The van der Waals surface area contributed by atoms with Gasteiger partial charge in [0.05, 0.1) is 17.8 Å². The van der Waals surface area contributed by atoms with Crippen LogP contribution >= 0.6 is 0 Å². The van der Waals surface area contributed by atoms with Crippen LogP contribution in [0.3, 0.4) is 0 Å². The van der Waals surface area contributed by atoms with Crippen molar-refractivity contribution < 1.29 is 19.4 Å². The van der Waals surface area contributed by atoms with E-state index in [2.05, 4.69) is 27.1 Å². The van der Waals surface area contributed by atoms with Crippen LogP contribution in [0.1, 0.15) is 56.0 Å². The Kier molecular flexibility index (Phi) is 6.11. The third kappa shape index (κ3) is 5.16. The number of aliphatic carboxylic acids is 1. The van der Waals surface area contributed by atoms with Gasteiger partial charge in [-0.2, -0.15) is 0 Å². The molecule has 0 spiro atoms. The van der Waals surface area contributed by atoms with E-state index in [1.807, 2.05) is 26.0 Å². The molecule has 2 heterocycles. The second kappa shape index (κ2) is 8.85. The fourth-order valence-electron chi connectivity index (χ4n) is 3.84. The Balaban J connectivity index is 1.47. The molecule has 0 unspecified atom stereocenters. The molecule has 0 aliphatic heterocycles. The van der Waals surface area contributed by atoms with E-state index in [9.17, 15) is 9.59 Å². The zero-order chi connectivity index (χ0) is 23.8. The van der Waals surface area contributed by atoms with Gasteiger partial charge in [-0.05, 0) is 57.6 Å². The van der Waals surface area contributed by atoms with Crippen LogP contribution < -0.4 is 0 Å². The first-order valence-electron chi connectivity index (χ1n) is 11.2. The first-order valence-corrected chi connectivity index (χ1v) is 11.2. The Morgan fingerprint density at radius 1 is 1.36 bits per heavy atom. The highest BCUT2D eigenvalue weighted by Gasteiger charge is 2.43. The number of carboxylic acid groups (broad SMARTS) is 1. The summed E-state index contributed by atoms with van der Waals surface area (Å²) in [6, 6.07) is 3.83. The lowest BCUT2D eigenvalue weighted by molar-refractivity contribution is -0.137. The van der Waals surface area contributed by atoms with Crippen molar-refractivity contribution in [1.29, 1.82) is 0 Å². The number of ether oxygens (including phenoxy) is 1. The molecule has 2 aliphatic rings. The van der Waals surface area contributed by atoms with E-state index in [-0.39, 0.29) is 25.2 Å². The van der Waals surface area contributed by atoms with E-state index in [4.69, 9.17) is 9.84 Å². The van der Waals surface area contributed by atoms with Gasteiger partial charge < -0.3 is 14.7 Å². The van der Waals surface area contributed by atoms with Gasteiger partial charge in [0.25, 0.3) is 0 Å². The third-order valence-corrected chi connectivity index (χ3v) is 6.61. The molecule has 0 aromatic carbocycles. The zero-order valence-corrected chi connectivity index (χ0v) is 19.5. The molecule has 0 bridgehead atoms. The van der Waals surface area contributed by atoms with E-state index in [1.54, 1.807) is 23.7 Å². The highest BCUT2D eigenvalue weighted by atomic mass is 16.6. The Bertz CT molecular complexity index is 1140. The van der Waals surface area contributed by atoms with Crippen LogP contribution in [0.5, 0.6) is 0 Å². The maximum Gasteiger partial charge on any atom is 0.410 e. The molecular weight excluding hydrogens is 422 g/mol. The topological polar surface area (TPSA) is 110 Å². The summed E-state index contributed by atoms with van der Waals surface area (Å²) in [5.74, 6) is 5.97. The van der Waals surface area contributed by atoms with Crippen molar-refractivity contribution in [2.75, 3.05) is 7.05 Å². The first kappa shape index (κ1) is 22.8. The number of hydrogen-bond acceptors (Lipinski definition) is 6. The smallest absolute Gasteiger partial charge is 0.410 e. The van der Waals surface area contributed by atoms with Gasteiger partial charge in [-0.15, -0.1) is 5.10 Å². The van der Waals surface area contributed by atoms with Crippen molar-refractivity contribution in [3.8, 4) is 23.2 Å². The molecule has 1 amide bonds. The molecule has 0 radical (unpaired) electrons. The maximum atomic E-state index is 12.5. The molecule has 2 aromatic heterocycles. The normalized spacial score (nSPS) is 17.0. The lowest BCUT2D eigenvalue weighted by atomic mass is 10.0. The molecule has 2 saturated carbocycles. The highest BCUT2D eigenvalue weighted by Crippen LogP contribution is 2.48. The van der Waals surface area contributed by atoms with E-state index >= 15 is 0 Å². The Labute approximate surface area is 193 Å². The number of aryl methyl sites for hydroxylation is 2. The summed E-state index contributed by atoms with van der Waals surface area (Å²) in [5, 5.41) is 17.4. The van der Waals surface area contributed by atoms with Crippen molar-refractivity contribution in [3.05, 3.63) is 29.1 Å². The summed E-state index contributed by atoms with van der Waals surface area (Å²) in [6.45, 7) is 3.94. The predicted molar refractivity (Wildman–Crippen MR) is 120 cm³/mol. The quantitative estimate of drug-likeness (QED) is 0.644. The van der Waals surface area contributed by atoms with Crippen LogP contribution in [0.2, 0.25) is 0 Å². The second-order valence-electron chi connectivity index (χ2n) is 9.18. The molecule has 2 aromatic rings. The number of carbonyl (C=O) groups excluding carboxylic acids is 1. The SMILES string of the molecule is Cc1nc(-c2nnn(C)c2COC(=O)N(C)[C@H](C)C2CC2)ccc1C#CC1(CC(=O)O)CC1. The van der Waals surface area contributed by atoms with E-state index in [1.165, 1.54) is 0 Å². The van der Waals surface area contributed by atoms with Crippen molar-refractivity contribution in [2.24, 2.45) is 18.4 Å². The van der Waals surface area contributed by atoms with Crippen molar-refractivity contribution in [2.45, 2.75) is 58.6 Å². The van der Waals surface area contributed by atoms with Gasteiger partial charge in [0.15, 0.2) is 0 Å². The molecule has 1 atom stereocenters. The van der Waals surface area contributed by atoms with Gasteiger partial charge in [0.1, 0.15) is 18.0 Å². The lowest BCUT2D eigenvalue weighted by Gasteiger charge is -2.24. The standard InChI is InChI=1S/C24H29N5O4/c1-15-17(9-10-24(11-12-24)13-21(30)31)7-8-19(25-15)22-20(29(4)27-26-22)14-33-23(32)28(3)16(2)18-5-6-18/h7-8,16,18H,5-6,11-14H2,1-4H3,(H,30,31)/t16-/m1/s1. The number of rotatable bonds is 7. The predicted octanol–water partition coefficient (Wildman–Crippen LogP) is 3.16. The summed E-state index contributed by atoms with van der Waals surface area (Å²) in [4.78, 5) is 29.8. The third-order valence-electron chi connectivity index (χ3n) is 6.61. The molecule has 2 fully saturated rings. The summed E-state index contributed by atoms with van der Waals surface area (Å²) in [7, 11) is 3.51. The van der Waals surface area contributed by atoms with Gasteiger partial charge in [-0.1, -0.05) is 17.1 Å². The number of hydrogen-bond donors (Lipinski definition) is 1. The molecule has 1 N–H and O–H groups in total. The maximum absolute atomic E-state index is 12.5. The number of amides is 1. The minimum absolute atomic E-state index is 0.0411. The average Bonchev–Trinajstić information content (AvgIpc) is 3.70. The summed E-state index contributed by atoms with van der Waals surface area (Å²) in [6.07, 6.45) is 3.63. The minimum atomic E-state index is -0.823. The molecular formula is C24H29N5O4. The molecule has 174 valence electrons. The number of pyridine rings is 1. The molecule has 4 rings (SSSR count). The van der Waals surface area contributed by atoms with E-state index in [0.717, 1.165) is 36.9 Å². The monoisotopic (exact) mass is 451 g/mol. The van der Waals surface area contributed by atoms with Crippen LogP contribution in [0.4, 0.5) is 4.79 Å². The summed E-state index contributed by atoms with van der Waals surface area (Å²) in [5.41, 5.74) is 2.89. The van der Waals surface area contributed by atoms with Crippen LogP contribution in [-0.4, -0.2) is 55.1 Å². The van der Waals surface area contributed by atoms with Gasteiger partial charge in [0, 0.05) is 31.1 Å². The lowest BCUT2D eigenvalue weighted by Crippen LogP contribution is -2.36. The van der Waals surface area contributed by atoms with Gasteiger partial charge in [-0.3, -0.25) is 9.78 Å². The second-order valence-corrected chi connectivity index (χ2v) is 9.18. The van der Waals surface area contributed by atoms with Gasteiger partial charge in [0.2, 0.25) is 0 Å². The molecule has 2 aliphatic carbocycles. The van der Waals surface area contributed by atoms with Crippen LogP contribution in [0.25, 0.3) is 11.4 Å². The van der Waals surface area contributed by atoms with Crippen molar-refractivity contribution in [3.63, 3.8) is 0 Å². The van der Waals surface area contributed by atoms with Crippen molar-refractivity contribution >= 4 is 12.1 Å². The Morgan fingerprint density at radius 2 is 2.09 bits per heavy atom. The number of nitrogens with zero attached hydrogens (tertiary/aromatic N) is 5. The number of carboxylic acids is 1. The van der Waals surface area contributed by atoms with Crippen LogP contribution in [0.15, 0.2) is 12.1 Å². The molecule has 0 saturated heterocycles. The average molecular weight is 452 g/mol.